The predicted molar refractivity (Wildman–Crippen MR) is 80.8 cm³/mol. The van der Waals surface area contributed by atoms with Crippen molar-refractivity contribution < 1.29 is 19.1 Å². The van der Waals surface area contributed by atoms with E-state index in [1.54, 1.807) is 25.1 Å². The summed E-state index contributed by atoms with van der Waals surface area (Å²) in [6.45, 7) is 3.02. The highest BCUT2D eigenvalue weighted by atomic mass is 16.7. The molecule has 1 aromatic carbocycles. The second kappa shape index (κ2) is 5.51. The Bertz CT molecular complexity index is 608. The van der Waals surface area contributed by atoms with Crippen LogP contribution >= 0.6 is 0 Å². The van der Waals surface area contributed by atoms with E-state index >= 15 is 0 Å². The van der Waals surface area contributed by atoms with Crippen molar-refractivity contribution in [1.29, 1.82) is 0 Å². The molecule has 6 nitrogen and oxygen atoms in total. The molecule has 0 aromatic heterocycles. The normalized spacial score (nSPS) is 19.0. The van der Waals surface area contributed by atoms with Crippen LogP contribution in [0, 0.1) is 0 Å². The maximum absolute atomic E-state index is 12.0. The molecule has 2 aliphatic rings. The van der Waals surface area contributed by atoms with Gasteiger partial charge in [-0.15, -0.1) is 0 Å². The Balaban J connectivity index is 1.68. The van der Waals surface area contributed by atoms with E-state index in [9.17, 15) is 9.59 Å². The van der Waals surface area contributed by atoms with Gasteiger partial charge >= 0.3 is 0 Å². The Hall–Kier alpha value is -2.24. The number of carbonyl (C=O) groups is 2. The minimum atomic E-state index is -0.593. The fourth-order valence-corrected chi connectivity index (χ4v) is 2.91. The van der Waals surface area contributed by atoms with Gasteiger partial charge in [-0.1, -0.05) is 0 Å². The molecule has 2 N–H and O–H groups in total. The van der Waals surface area contributed by atoms with Gasteiger partial charge in [0.25, 0.3) is 5.79 Å². The highest BCUT2D eigenvalue weighted by Gasteiger charge is 2.44. The molecule has 6 heteroatoms. The van der Waals surface area contributed by atoms with Crippen LogP contribution in [-0.4, -0.2) is 23.6 Å². The van der Waals surface area contributed by atoms with Crippen LogP contribution in [0.2, 0.25) is 0 Å². The summed E-state index contributed by atoms with van der Waals surface area (Å²) in [6.07, 6.45) is 3.99. The molecule has 1 saturated carbocycles. The van der Waals surface area contributed by atoms with Crippen LogP contribution < -0.4 is 20.1 Å². The lowest BCUT2D eigenvalue weighted by Gasteiger charge is -2.21. The Morgan fingerprint density at radius 1 is 1.18 bits per heavy atom. The molecule has 3 rings (SSSR count). The molecule has 1 aromatic rings. The zero-order chi connectivity index (χ0) is 15.7. The number of carbonyl (C=O) groups excluding carboxylic acids is 2. The molecule has 0 bridgehead atoms. The molecule has 22 heavy (non-hydrogen) atoms. The van der Waals surface area contributed by atoms with Crippen molar-refractivity contribution in [2.75, 3.05) is 5.32 Å². The van der Waals surface area contributed by atoms with Crippen LogP contribution in [-0.2, 0) is 9.59 Å². The molecule has 1 unspecified atom stereocenters. The first-order valence-electron chi connectivity index (χ1n) is 7.57. The van der Waals surface area contributed by atoms with Crippen LogP contribution in [0.25, 0.3) is 0 Å². The van der Waals surface area contributed by atoms with E-state index in [4.69, 9.17) is 9.47 Å². The maximum Gasteiger partial charge on any atom is 0.251 e. The molecule has 0 radical (unpaired) electrons. The van der Waals surface area contributed by atoms with Crippen molar-refractivity contribution in [3.8, 4) is 11.5 Å². The molecule has 1 heterocycles. The number of amides is 2. The van der Waals surface area contributed by atoms with Crippen molar-refractivity contribution in [3.05, 3.63) is 18.2 Å². The van der Waals surface area contributed by atoms with Gasteiger partial charge in [-0.05, 0) is 31.9 Å². The van der Waals surface area contributed by atoms with Crippen LogP contribution in [0.4, 0.5) is 5.69 Å². The number of hydrogen-bond acceptors (Lipinski definition) is 4. The van der Waals surface area contributed by atoms with Gasteiger partial charge in [0.1, 0.15) is 6.04 Å². The first-order valence-corrected chi connectivity index (χ1v) is 7.57. The first-order chi connectivity index (χ1) is 10.5. The van der Waals surface area contributed by atoms with E-state index in [-0.39, 0.29) is 11.8 Å². The smallest absolute Gasteiger partial charge is 0.251 e. The SMILES string of the molecule is CC(=O)NC(C)C(=O)Nc1ccc2c(c1)OC1(CCCC1)O2. The third-order valence-corrected chi connectivity index (χ3v) is 3.98. The number of hydrogen-bond donors (Lipinski definition) is 2. The monoisotopic (exact) mass is 304 g/mol. The van der Waals surface area contributed by atoms with Crippen LogP contribution in [0.5, 0.6) is 11.5 Å². The minimum Gasteiger partial charge on any atom is -0.448 e. The molecule has 1 atom stereocenters. The Kier molecular flexibility index (Phi) is 3.68. The molecule has 0 saturated heterocycles. The predicted octanol–water partition coefficient (Wildman–Crippen LogP) is 2.19. The number of benzene rings is 1. The fraction of sp³-hybridized carbons (Fsp3) is 0.500. The van der Waals surface area contributed by atoms with E-state index in [1.807, 2.05) is 0 Å². The zero-order valence-electron chi connectivity index (χ0n) is 12.8. The van der Waals surface area contributed by atoms with Crippen molar-refractivity contribution in [3.63, 3.8) is 0 Å². The standard InChI is InChI=1S/C16H20N2O4/c1-10(17-11(2)19)15(20)18-12-5-6-13-14(9-12)22-16(21-13)7-3-4-8-16/h5-6,9-10H,3-4,7-8H2,1-2H3,(H,17,19)(H,18,20). The van der Waals surface area contributed by atoms with E-state index in [2.05, 4.69) is 10.6 Å². The van der Waals surface area contributed by atoms with Gasteiger partial charge < -0.3 is 20.1 Å². The highest BCUT2D eigenvalue weighted by Crippen LogP contribution is 2.47. The second-order valence-corrected chi connectivity index (χ2v) is 5.89. The summed E-state index contributed by atoms with van der Waals surface area (Å²) in [4.78, 5) is 23.0. The average Bonchev–Trinajstić information content (AvgIpc) is 3.04. The summed E-state index contributed by atoms with van der Waals surface area (Å²) in [7, 11) is 0. The zero-order valence-corrected chi connectivity index (χ0v) is 12.8. The summed E-state index contributed by atoms with van der Waals surface area (Å²) in [6, 6.07) is 4.75. The number of anilines is 1. The third-order valence-electron chi connectivity index (χ3n) is 3.98. The van der Waals surface area contributed by atoms with Gasteiger partial charge in [-0.2, -0.15) is 0 Å². The van der Waals surface area contributed by atoms with E-state index in [1.165, 1.54) is 6.92 Å². The summed E-state index contributed by atoms with van der Waals surface area (Å²) >= 11 is 0. The van der Waals surface area contributed by atoms with E-state index in [0.29, 0.717) is 11.4 Å². The molecular formula is C16H20N2O4. The molecule has 1 spiro atoms. The van der Waals surface area contributed by atoms with Gasteiger partial charge in [0, 0.05) is 31.5 Å². The summed E-state index contributed by atoms with van der Waals surface area (Å²) in [5, 5.41) is 5.31. The Morgan fingerprint density at radius 2 is 1.86 bits per heavy atom. The summed E-state index contributed by atoms with van der Waals surface area (Å²) < 4.78 is 11.9. The average molecular weight is 304 g/mol. The number of ether oxygens (including phenoxy) is 2. The molecule has 2 amide bonds. The van der Waals surface area contributed by atoms with Gasteiger partial charge in [0.05, 0.1) is 0 Å². The second-order valence-electron chi connectivity index (χ2n) is 5.89. The van der Waals surface area contributed by atoms with Gasteiger partial charge in [0.15, 0.2) is 11.5 Å². The van der Waals surface area contributed by atoms with Crippen molar-refractivity contribution >= 4 is 17.5 Å². The maximum atomic E-state index is 12.0. The molecule has 1 fully saturated rings. The minimum absolute atomic E-state index is 0.239. The topological polar surface area (TPSA) is 76.7 Å². The van der Waals surface area contributed by atoms with Crippen molar-refractivity contribution in [1.82, 2.24) is 5.32 Å². The lowest BCUT2D eigenvalue weighted by molar-refractivity contribution is -0.124. The largest absolute Gasteiger partial charge is 0.448 e. The van der Waals surface area contributed by atoms with Crippen LogP contribution in [0.15, 0.2) is 18.2 Å². The summed E-state index contributed by atoms with van der Waals surface area (Å²) in [5.74, 6) is 0.358. The van der Waals surface area contributed by atoms with Crippen LogP contribution in [0.1, 0.15) is 39.5 Å². The van der Waals surface area contributed by atoms with Crippen molar-refractivity contribution in [2.45, 2.75) is 51.4 Å². The van der Waals surface area contributed by atoms with Crippen LogP contribution in [0.3, 0.4) is 0 Å². The lowest BCUT2D eigenvalue weighted by atomic mass is 10.2. The fourth-order valence-electron chi connectivity index (χ4n) is 2.91. The summed E-state index contributed by atoms with van der Waals surface area (Å²) in [5.41, 5.74) is 0.625. The molecule has 1 aliphatic heterocycles. The first kappa shape index (κ1) is 14.7. The number of rotatable bonds is 3. The molecular weight excluding hydrogens is 284 g/mol. The molecule has 1 aliphatic carbocycles. The Morgan fingerprint density at radius 3 is 2.55 bits per heavy atom. The number of fused-ring (bicyclic) bond motifs is 1. The van der Waals surface area contributed by atoms with E-state index in [0.717, 1.165) is 31.4 Å². The number of nitrogens with one attached hydrogen (secondary N) is 2. The quantitative estimate of drug-likeness (QED) is 0.897. The van der Waals surface area contributed by atoms with Gasteiger partial charge in [-0.3, -0.25) is 9.59 Å². The Labute approximate surface area is 129 Å². The molecule has 118 valence electrons. The van der Waals surface area contributed by atoms with E-state index < -0.39 is 11.8 Å². The van der Waals surface area contributed by atoms with Gasteiger partial charge in [0.2, 0.25) is 11.8 Å². The van der Waals surface area contributed by atoms with Gasteiger partial charge in [-0.25, -0.2) is 0 Å². The lowest BCUT2D eigenvalue weighted by Crippen LogP contribution is -2.40. The van der Waals surface area contributed by atoms with Crippen molar-refractivity contribution in [2.24, 2.45) is 0 Å². The third kappa shape index (κ3) is 2.86. The highest BCUT2D eigenvalue weighted by molar-refractivity contribution is 5.96.